The van der Waals surface area contributed by atoms with E-state index in [0.717, 1.165) is 78.9 Å². The zero-order valence-electron chi connectivity index (χ0n) is 18.9. The third-order valence-corrected chi connectivity index (χ3v) is 8.34. The number of nitrogens with zero attached hydrogens (tertiary/aromatic N) is 3. The summed E-state index contributed by atoms with van der Waals surface area (Å²) in [5, 5.41) is 13.1. The molecule has 1 saturated heterocycles. The molecule has 5 rings (SSSR count). The summed E-state index contributed by atoms with van der Waals surface area (Å²) >= 11 is 1.67. The number of fused-ring (bicyclic) bond motifs is 1. The molecule has 0 spiro atoms. The van der Waals surface area contributed by atoms with Crippen LogP contribution in [0.4, 0.5) is 4.79 Å². The normalized spacial score (nSPS) is 20.3. The Morgan fingerprint density at radius 1 is 1.12 bits per heavy atom. The Morgan fingerprint density at radius 2 is 1.85 bits per heavy atom. The molecular weight excluding hydrogens is 436 g/mol. The van der Waals surface area contributed by atoms with E-state index in [1.807, 2.05) is 19.9 Å². The molecule has 0 bridgehead atoms. The van der Waals surface area contributed by atoms with Gasteiger partial charge in [0.2, 0.25) is 0 Å². The molecule has 33 heavy (non-hydrogen) atoms. The molecule has 1 saturated carbocycles. The molecule has 2 aromatic rings. The maximum atomic E-state index is 13.2. The van der Waals surface area contributed by atoms with Crippen LogP contribution in [0.15, 0.2) is 11.6 Å². The van der Waals surface area contributed by atoms with Crippen LogP contribution in [0.5, 0.6) is 0 Å². The molecule has 3 heterocycles. The molecule has 2 aromatic heterocycles. The van der Waals surface area contributed by atoms with Gasteiger partial charge in [-0.15, -0.1) is 11.3 Å². The minimum absolute atomic E-state index is 0.0206. The Labute approximate surface area is 196 Å². The summed E-state index contributed by atoms with van der Waals surface area (Å²) in [4.78, 5) is 40.7. The molecule has 0 atom stereocenters. The molecule has 170 valence electrons. The van der Waals surface area contributed by atoms with Crippen LogP contribution in [0.2, 0.25) is 0 Å². The van der Waals surface area contributed by atoms with Gasteiger partial charge in [0.1, 0.15) is 16.6 Å². The summed E-state index contributed by atoms with van der Waals surface area (Å²) in [6.45, 7) is 3.90. The van der Waals surface area contributed by atoms with Gasteiger partial charge in [-0.3, -0.25) is 19.8 Å². The average Bonchev–Trinajstić information content (AvgIpc) is 3.49. The molecule has 0 aromatic carbocycles. The number of barbiturate groups is 1. The zero-order valence-corrected chi connectivity index (χ0v) is 19.7. The van der Waals surface area contributed by atoms with Gasteiger partial charge in [0, 0.05) is 22.3 Å². The number of nitrogens with one attached hydrogen (secondary N) is 1. The van der Waals surface area contributed by atoms with Gasteiger partial charge < -0.3 is 4.57 Å². The molecule has 0 unspecified atom stereocenters. The lowest BCUT2D eigenvalue weighted by molar-refractivity contribution is -0.131. The monoisotopic (exact) mass is 462 g/mol. The number of rotatable bonds is 3. The van der Waals surface area contributed by atoms with Crippen molar-refractivity contribution in [3.8, 4) is 11.1 Å². The number of carbonyl (C=O) groups excluding carboxylic acids is 3. The summed E-state index contributed by atoms with van der Waals surface area (Å²) < 4.78 is 2.05. The molecule has 0 radical (unpaired) electrons. The lowest BCUT2D eigenvalue weighted by atomic mass is 9.96. The molecule has 7 nitrogen and oxygen atoms in total. The number of imide groups is 2. The van der Waals surface area contributed by atoms with Gasteiger partial charge in [-0.05, 0) is 75.6 Å². The van der Waals surface area contributed by atoms with Crippen LogP contribution in [0, 0.1) is 25.2 Å². The second-order valence-electron chi connectivity index (χ2n) is 9.10. The zero-order chi connectivity index (χ0) is 23.3. The highest BCUT2D eigenvalue weighted by molar-refractivity contribution is 7.15. The Balaban J connectivity index is 1.56. The van der Waals surface area contributed by atoms with Crippen LogP contribution in [-0.4, -0.2) is 33.4 Å². The number of nitriles is 1. The first-order valence-electron chi connectivity index (χ1n) is 11.5. The van der Waals surface area contributed by atoms with E-state index in [9.17, 15) is 19.6 Å². The highest BCUT2D eigenvalue weighted by Gasteiger charge is 2.40. The predicted octanol–water partition coefficient (Wildman–Crippen LogP) is 4.31. The van der Waals surface area contributed by atoms with Crippen molar-refractivity contribution >= 4 is 35.3 Å². The van der Waals surface area contributed by atoms with E-state index in [4.69, 9.17) is 0 Å². The molecule has 3 aliphatic rings. The van der Waals surface area contributed by atoms with Crippen molar-refractivity contribution in [1.29, 1.82) is 5.26 Å². The minimum Gasteiger partial charge on any atom is -0.308 e. The first-order chi connectivity index (χ1) is 15.9. The van der Waals surface area contributed by atoms with Crippen molar-refractivity contribution in [3.05, 3.63) is 44.6 Å². The molecule has 4 amide bonds. The fraction of sp³-hybridized carbons (Fsp3) is 0.440. The van der Waals surface area contributed by atoms with Crippen LogP contribution in [0.3, 0.4) is 0 Å². The van der Waals surface area contributed by atoms with E-state index in [1.54, 1.807) is 17.4 Å². The number of aromatic nitrogens is 1. The lowest BCUT2D eigenvalue weighted by Crippen LogP contribution is -2.57. The smallest absolute Gasteiger partial charge is 0.308 e. The fourth-order valence-electron chi connectivity index (χ4n) is 5.39. The topological polar surface area (TPSA) is 95.2 Å². The van der Waals surface area contributed by atoms with Gasteiger partial charge in [-0.1, -0.05) is 12.8 Å². The van der Waals surface area contributed by atoms with Crippen molar-refractivity contribution in [2.24, 2.45) is 0 Å². The molecule has 8 heteroatoms. The van der Waals surface area contributed by atoms with Crippen molar-refractivity contribution < 1.29 is 14.4 Å². The van der Waals surface area contributed by atoms with Gasteiger partial charge in [0.05, 0.1) is 5.56 Å². The second-order valence-corrected chi connectivity index (χ2v) is 10.2. The summed E-state index contributed by atoms with van der Waals surface area (Å²) in [5.41, 5.74) is 4.42. The van der Waals surface area contributed by atoms with E-state index in [0.29, 0.717) is 0 Å². The Bertz CT molecular complexity index is 1250. The summed E-state index contributed by atoms with van der Waals surface area (Å²) in [5.74, 6) is -1.18. The average molecular weight is 463 g/mol. The predicted molar refractivity (Wildman–Crippen MR) is 125 cm³/mol. The number of amides is 4. The van der Waals surface area contributed by atoms with E-state index < -0.39 is 17.8 Å². The molecule has 1 aliphatic heterocycles. The van der Waals surface area contributed by atoms with Crippen molar-refractivity contribution in [1.82, 2.24) is 14.8 Å². The number of thiophene rings is 1. The van der Waals surface area contributed by atoms with E-state index >= 15 is 0 Å². The highest BCUT2D eigenvalue weighted by Crippen LogP contribution is 2.38. The van der Waals surface area contributed by atoms with Crippen LogP contribution in [0.25, 0.3) is 11.1 Å². The van der Waals surface area contributed by atoms with Gasteiger partial charge >= 0.3 is 6.03 Å². The van der Waals surface area contributed by atoms with Crippen molar-refractivity contribution in [3.63, 3.8) is 0 Å². The minimum atomic E-state index is -0.659. The number of urea groups is 1. The molecular formula is C25H26N4O3S. The Morgan fingerprint density at radius 3 is 2.58 bits per heavy atom. The van der Waals surface area contributed by atoms with Crippen LogP contribution >= 0.6 is 11.3 Å². The standard InChI is InChI=1S/C25H26N4O3S/c1-14-11-16(12-19-22(30)27-25(32)29(23(19)31)17-7-3-4-8-17)15(2)28(14)24-20(13-26)18-9-5-6-10-21(18)33-24/h11-12,17H,3-10H2,1-2H3,(H,27,30,32)/b19-12-. The van der Waals surface area contributed by atoms with E-state index in [1.165, 1.54) is 15.3 Å². The van der Waals surface area contributed by atoms with Crippen molar-refractivity contribution in [2.75, 3.05) is 0 Å². The molecule has 1 N–H and O–H groups in total. The van der Waals surface area contributed by atoms with Gasteiger partial charge in [0.15, 0.2) is 0 Å². The van der Waals surface area contributed by atoms with E-state index in [2.05, 4.69) is 16.0 Å². The maximum absolute atomic E-state index is 13.2. The molecule has 2 aliphatic carbocycles. The SMILES string of the molecule is Cc1cc(/C=C2/C(=O)NC(=O)N(C3CCCC3)C2=O)c(C)n1-c1sc2c(c1C#N)CCCC2. The van der Waals surface area contributed by atoms with Gasteiger partial charge in [-0.2, -0.15) is 5.26 Å². The number of carbonyl (C=O) groups is 3. The maximum Gasteiger partial charge on any atom is 0.331 e. The number of aryl methyl sites for hydroxylation is 2. The third kappa shape index (κ3) is 3.51. The highest BCUT2D eigenvalue weighted by atomic mass is 32.1. The van der Waals surface area contributed by atoms with Crippen LogP contribution < -0.4 is 5.32 Å². The number of hydrogen-bond acceptors (Lipinski definition) is 5. The summed E-state index contributed by atoms with van der Waals surface area (Å²) in [6.07, 6.45) is 9.27. The van der Waals surface area contributed by atoms with Crippen LogP contribution in [0.1, 0.15) is 71.5 Å². The number of hydrogen-bond donors (Lipinski definition) is 1. The Kier molecular flexibility index (Phi) is 5.45. The quantitative estimate of drug-likeness (QED) is 0.543. The fourth-order valence-corrected chi connectivity index (χ4v) is 6.84. The largest absolute Gasteiger partial charge is 0.331 e. The summed E-state index contributed by atoms with van der Waals surface area (Å²) in [6, 6.07) is 3.57. The van der Waals surface area contributed by atoms with Crippen molar-refractivity contribution in [2.45, 2.75) is 71.3 Å². The van der Waals surface area contributed by atoms with Crippen LogP contribution in [-0.2, 0) is 22.4 Å². The van der Waals surface area contributed by atoms with E-state index in [-0.39, 0.29) is 11.6 Å². The second kappa shape index (κ2) is 8.31. The van der Waals surface area contributed by atoms with Gasteiger partial charge in [-0.25, -0.2) is 4.79 Å². The van der Waals surface area contributed by atoms with Gasteiger partial charge in [0.25, 0.3) is 11.8 Å². The summed E-state index contributed by atoms with van der Waals surface area (Å²) in [7, 11) is 0. The first kappa shape index (κ1) is 21.7. The Hall–Kier alpha value is -3.18. The lowest BCUT2D eigenvalue weighted by Gasteiger charge is -2.31. The first-order valence-corrected chi connectivity index (χ1v) is 12.4. The third-order valence-electron chi connectivity index (χ3n) is 7.06. The molecule has 2 fully saturated rings.